The topological polar surface area (TPSA) is 57.7 Å². The van der Waals surface area contributed by atoms with Gasteiger partial charge in [-0.1, -0.05) is 13.0 Å². The summed E-state index contributed by atoms with van der Waals surface area (Å²) < 4.78 is 5.49. The summed E-state index contributed by atoms with van der Waals surface area (Å²) in [5.74, 6) is 2.74. The summed E-state index contributed by atoms with van der Waals surface area (Å²) in [4.78, 5) is 20.6. The average Bonchev–Trinajstić information content (AvgIpc) is 2.74. The van der Waals surface area contributed by atoms with Crippen molar-refractivity contribution in [3.8, 4) is 0 Å². The smallest absolute Gasteiger partial charge is 0.211 e. The van der Waals surface area contributed by atoms with Crippen LogP contribution >= 0.6 is 0 Å². The van der Waals surface area contributed by atoms with Crippen LogP contribution in [0.1, 0.15) is 26.7 Å². The van der Waals surface area contributed by atoms with Gasteiger partial charge in [0.25, 0.3) is 0 Å². The van der Waals surface area contributed by atoms with Crippen molar-refractivity contribution in [2.24, 2.45) is 5.92 Å². The first-order chi connectivity index (χ1) is 14.2. The average molecular weight is 397 g/mol. The first-order valence-electron chi connectivity index (χ1n) is 10.5. The van der Waals surface area contributed by atoms with E-state index in [1.54, 1.807) is 6.08 Å². The number of anilines is 3. The van der Waals surface area contributed by atoms with E-state index in [0.717, 1.165) is 73.9 Å². The van der Waals surface area contributed by atoms with Gasteiger partial charge in [0.15, 0.2) is 0 Å². The van der Waals surface area contributed by atoms with E-state index in [9.17, 15) is 4.79 Å². The van der Waals surface area contributed by atoms with Crippen LogP contribution in [0.25, 0.3) is 10.8 Å². The number of pyridine rings is 1. The molecule has 2 aliphatic heterocycles. The molecule has 2 aliphatic rings. The molecule has 0 saturated carbocycles. The molecule has 1 N–H and O–H groups in total. The molecule has 1 atom stereocenters. The van der Waals surface area contributed by atoms with Gasteiger partial charge in [-0.2, -0.15) is 0 Å². The van der Waals surface area contributed by atoms with Crippen LogP contribution < -0.4 is 15.1 Å². The highest BCUT2D eigenvalue weighted by Gasteiger charge is 2.22. The second kappa shape index (κ2) is 10.3. The summed E-state index contributed by atoms with van der Waals surface area (Å²) in [6.07, 6.45) is 4.96. The molecule has 4 rings (SSSR count). The number of carbonyl (C=O) groups excluding carboxylic acids is 1. The minimum atomic E-state index is 0.684. The summed E-state index contributed by atoms with van der Waals surface area (Å²) in [7, 11) is 0. The number of amides is 1. The predicted molar refractivity (Wildman–Crippen MR) is 121 cm³/mol. The van der Waals surface area contributed by atoms with Crippen LogP contribution in [0.4, 0.5) is 17.3 Å². The molecule has 6 heteroatoms. The molecule has 1 amide bonds. The Morgan fingerprint density at radius 1 is 1.21 bits per heavy atom. The lowest BCUT2D eigenvalue weighted by Gasteiger charge is -2.34. The molecule has 0 bridgehead atoms. The molecular formula is C23H32N4O2. The highest BCUT2D eigenvalue weighted by atomic mass is 16.5. The Labute approximate surface area is 173 Å². The van der Waals surface area contributed by atoms with Crippen molar-refractivity contribution in [1.29, 1.82) is 0 Å². The number of hydrogen-bond acceptors (Lipinski definition) is 5. The number of aromatic nitrogens is 1. The van der Waals surface area contributed by atoms with Crippen molar-refractivity contribution in [3.05, 3.63) is 36.9 Å². The van der Waals surface area contributed by atoms with Crippen LogP contribution in [0.15, 0.2) is 36.9 Å². The van der Waals surface area contributed by atoms with Crippen LogP contribution in [0.3, 0.4) is 0 Å². The van der Waals surface area contributed by atoms with E-state index in [4.69, 9.17) is 9.72 Å². The number of ether oxygens (including phenoxy) is 1. The number of nitrogens with one attached hydrogen (secondary N) is 1. The van der Waals surface area contributed by atoms with Gasteiger partial charge in [-0.15, -0.1) is 6.58 Å². The third-order valence-electron chi connectivity index (χ3n) is 5.31. The number of rotatable bonds is 4. The van der Waals surface area contributed by atoms with Crippen LogP contribution in [-0.2, 0) is 9.53 Å². The van der Waals surface area contributed by atoms with Crippen molar-refractivity contribution in [2.45, 2.75) is 26.7 Å². The fourth-order valence-corrected chi connectivity index (χ4v) is 3.96. The van der Waals surface area contributed by atoms with E-state index in [-0.39, 0.29) is 0 Å². The van der Waals surface area contributed by atoms with Crippen molar-refractivity contribution in [3.63, 3.8) is 0 Å². The Bertz CT molecular complexity index is 833. The highest BCUT2D eigenvalue weighted by molar-refractivity contribution is 5.97. The van der Waals surface area contributed by atoms with Gasteiger partial charge in [-0.3, -0.25) is 4.79 Å². The maximum absolute atomic E-state index is 10.8. The van der Waals surface area contributed by atoms with Gasteiger partial charge in [0.05, 0.1) is 13.2 Å². The standard InChI is InChI=1S/C20H26N4O2.C3H6/c1-15-3-2-6-24(13-15)20-18-5-4-17(21-14-25)11-16(18)12-19(22-20)23-7-9-26-10-8-23;1-3-2/h4-5,11-12,14-15H,2-3,6-10,13H2,1H3,(H,21,25);3H,1H2,2H3. The first-order valence-corrected chi connectivity index (χ1v) is 10.5. The molecule has 156 valence electrons. The summed E-state index contributed by atoms with van der Waals surface area (Å²) in [6.45, 7) is 12.9. The second-order valence-electron chi connectivity index (χ2n) is 7.70. The third-order valence-corrected chi connectivity index (χ3v) is 5.31. The van der Waals surface area contributed by atoms with E-state index < -0.39 is 0 Å². The van der Waals surface area contributed by atoms with E-state index in [1.807, 2.05) is 19.1 Å². The van der Waals surface area contributed by atoms with Crippen LogP contribution in [0.2, 0.25) is 0 Å². The zero-order valence-corrected chi connectivity index (χ0v) is 17.6. The quantitative estimate of drug-likeness (QED) is 0.624. The SMILES string of the molecule is C=CC.CC1CCCN(c2nc(N3CCOCC3)cc3cc(NC=O)ccc23)C1. The summed E-state index contributed by atoms with van der Waals surface area (Å²) >= 11 is 0. The number of benzene rings is 1. The molecule has 1 aromatic heterocycles. The molecule has 2 saturated heterocycles. The van der Waals surface area contributed by atoms with Crippen LogP contribution in [0.5, 0.6) is 0 Å². The second-order valence-corrected chi connectivity index (χ2v) is 7.70. The molecule has 3 heterocycles. The third kappa shape index (κ3) is 5.26. The Balaban J connectivity index is 0.000000755. The van der Waals surface area contributed by atoms with Crippen molar-refractivity contribution in [1.82, 2.24) is 4.98 Å². The summed E-state index contributed by atoms with van der Waals surface area (Å²) in [6, 6.07) is 8.19. The Morgan fingerprint density at radius 2 is 1.97 bits per heavy atom. The maximum atomic E-state index is 10.8. The Kier molecular flexibility index (Phi) is 7.47. The fourth-order valence-electron chi connectivity index (χ4n) is 3.96. The van der Waals surface area contributed by atoms with E-state index in [1.165, 1.54) is 12.8 Å². The number of piperidine rings is 1. The molecule has 0 radical (unpaired) electrons. The predicted octanol–water partition coefficient (Wildman–Crippen LogP) is 4.07. The minimum absolute atomic E-state index is 0.684. The zero-order chi connectivity index (χ0) is 20.6. The van der Waals surface area contributed by atoms with Crippen LogP contribution in [-0.4, -0.2) is 50.8 Å². The van der Waals surface area contributed by atoms with Crippen molar-refractivity contribution in [2.75, 3.05) is 54.5 Å². The molecule has 6 nitrogen and oxygen atoms in total. The molecular weight excluding hydrogens is 364 g/mol. The zero-order valence-electron chi connectivity index (χ0n) is 17.6. The maximum Gasteiger partial charge on any atom is 0.211 e. The van der Waals surface area contributed by atoms with Crippen molar-refractivity contribution >= 4 is 34.5 Å². The Hall–Kier alpha value is -2.60. The molecule has 2 aromatic rings. The number of allylic oxidation sites excluding steroid dienone is 1. The van der Waals surface area contributed by atoms with Gasteiger partial charge >= 0.3 is 0 Å². The fraction of sp³-hybridized carbons (Fsp3) is 0.478. The van der Waals surface area contributed by atoms with Gasteiger partial charge in [-0.05, 0) is 55.3 Å². The minimum Gasteiger partial charge on any atom is -0.378 e. The lowest BCUT2D eigenvalue weighted by Crippen LogP contribution is -2.38. The van der Waals surface area contributed by atoms with Crippen LogP contribution in [0, 0.1) is 5.92 Å². The summed E-state index contributed by atoms with van der Waals surface area (Å²) in [5, 5.41) is 5.02. The molecule has 1 aromatic carbocycles. The lowest BCUT2D eigenvalue weighted by molar-refractivity contribution is -0.105. The van der Waals surface area contributed by atoms with E-state index >= 15 is 0 Å². The normalized spacial score (nSPS) is 19.3. The molecule has 1 unspecified atom stereocenters. The molecule has 2 fully saturated rings. The van der Waals surface area contributed by atoms with Gasteiger partial charge in [0.1, 0.15) is 11.6 Å². The van der Waals surface area contributed by atoms with Gasteiger partial charge in [0.2, 0.25) is 6.41 Å². The molecule has 0 spiro atoms. The van der Waals surface area contributed by atoms with Gasteiger partial charge < -0.3 is 19.9 Å². The number of hydrogen-bond donors (Lipinski definition) is 1. The molecule has 29 heavy (non-hydrogen) atoms. The number of nitrogens with zero attached hydrogens (tertiary/aromatic N) is 3. The Morgan fingerprint density at radius 3 is 2.66 bits per heavy atom. The largest absolute Gasteiger partial charge is 0.378 e. The molecule has 0 aliphatic carbocycles. The monoisotopic (exact) mass is 396 g/mol. The number of morpholine rings is 1. The van der Waals surface area contributed by atoms with Gasteiger partial charge in [-0.25, -0.2) is 4.98 Å². The lowest BCUT2D eigenvalue weighted by atomic mass is 9.99. The number of carbonyl (C=O) groups is 1. The summed E-state index contributed by atoms with van der Waals surface area (Å²) in [5.41, 5.74) is 0.810. The van der Waals surface area contributed by atoms with Gasteiger partial charge in [0, 0.05) is 37.3 Å². The van der Waals surface area contributed by atoms with Crippen molar-refractivity contribution < 1.29 is 9.53 Å². The number of fused-ring (bicyclic) bond motifs is 1. The highest BCUT2D eigenvalue weighted by Crippen LogP contribution is 2.33. The van der Waals surface area contributed by atoms with E-state index in [2.05, 4.69) is 40.8 Å². The van der Waals surface area contributed by atoms with E-state index in [0.29, 0.717) is 5.92 Å². The first kappa shape index (κ1) is 21.1.